The summed E-state index contributed by atoms with van der Waals surface area (Å²) in [6, 6.07) is 0. The lowest BCUT2D eigenvalue weighted by Gasteiger charge is -2.32. The van der Waals surface area contributed by atoms with E-state index in [-0.39, 0.29) is 12.5 Å². The molecule has 1 fully saturated rings. The Morgan fingerprint density at radius 1 is 1.33 bits per heavy atom. The second-order valence-corrected chi connectivity index (χ2v) is 3.54. The Morgan fingerprint density at radius 3 is 2.40 bits per heavy atom. The highest BCUT2D eigenvalue weighted by Crippen LogP contribution is 2.18. The Morgan fingerprint density at radius 2 is 1.93 bits per heavy atom. The third kappa shape index (κ3) is 3.15. The summed E-state index contributed by atoms with van der Waals surface area (Å²) in [5, 5.41) is 8.96. The maximum absolute atomic E-state index is 8.96. The van der Waals surface area contributed by atoms with Crippen molar-refractivity contribution >= 4 is 0 Å². The fourth-order valence-electron chi connectivity index (χ4n) is 1.61. The molecule has 0 atom stereocenters. The van der Waals surface area contributed by atoms with Crippen molar-refractivity contribution in [2.24, 2.45) is 23.3 Å². The zero-order chi connectivity index (χ0) is 11.3. The van der Waals surface area contributed by atoms with Gasteiger partial charge in [-0.05, 0) is 18.8 Å². The van der Waals surface area contributed by atoms with Gasteiger partial charge in [0.25, 0.3) is 5.88 Å². The van der Waals surface area contributed by atoms with E-state index in [0.717, 1.165) is 25.9 Å². The van der Waals surface area contributed by atoms with Gasteiger partial charge in [-0.1, -0.05) is 4.99 Å². The lowest BCUT2D eigenvalue weighted by Crippen LogP contribution is -2.39. The Balaban J connectivity index is 2.48. The third-order valence-electron chi connectivity index (χ3n) is 2.60. The second-order valence-electron chi connectivity index (χ2n) is 3.54. The van der Waals surface area contributed by atoms with Crippen LogP contribution in [0.1, 0.15) is 12.8 Å². The van der Waals surface area contributed by atoms with Crippen molar-refractivity contribution < 1.29 is 15.0 Å². The predicted molar refractivity (Wildman–Crippen MR) is 53.1 cm³/mol. The second kappa shape index (κ2) is 5.64. The monoisotopic (exact) mass is 218 g/mol. The van der Waals surface area contributed by atoms with Gasteiger partial charge in [-0.2, -0.15) is 5.90 Å². The SMILES string of the molecule is NOO/C(N)=C(/N)N1CCC(CO)CC1. The molecule has 1 aliphatic heterocycles. The fourth-order valence-corrected chi connectivity index (χ4v) is 1.61. The molecule has 0 aromatic rings. The standard InChI is InChI=1S/C8H18N4O3/c9-7(8(10)14-15-11)12-3-1-6(5-13)2-4-12/h6,13H,1-5,9-11H2/b8-7-. The normalized spacial score (nSPS) is 20.0. The van der Waals surface area contributed by atoms with Crippen LogP contribution in [0.15, 0.2) is 11.7 Å². The van der Waals surface area contributed by atoms with E-state index in [4.69, 9.17) is 22.5 Å². The Hall–Kier alpha value is -1.18. The van der Waals surface area contributed by atoms with Crippen LogP contribution < -0.4 is 17.4 Å². The molecule has 0 amide bonds. The largest absolute Gasteiger partial charge is 0.396 e. The van der Waals surface area contributed by atoms with Gasteiger partial charge in [0, 0.05) is 19.7 Å². The number of aliphatic hydroxyl groups excluding tert-OH is 1. The van der Waals surface area contributed by atoms with Crippen LogP contribution in [-0.4, -0.2) is 29.7 Å². The topological polar surface area (TPSA) is 120 Å². The molecule has 1 aliphatic rings. The summed E-state index contributed by atoms with van der Waals surface area (Å²) < 4.78 is 0. The fraction of sp³-hybridized carbons (Fsp3) is 0.750. The molecule has 0 saturated carbocycles. The van der Waals surface area contributed by atoms with Gasteiger partial charge in [0.1, 0.15) is 0 Å². The van der Waals surface area contributed by atoms with E-state index in [0.29, 0.717) is 11.7 Å². The number of piperidine rings is 1. The summed E-state index contributed by atoms with van der Waals surface area (Å²) in [5.41, 5.74) is 11.2. The molecule has 7 N–H and O–H groups in total. The molecular formula is C8H18N4O3. The Bertz CT molecular complexity index is 226. The van der Waals surface area contributed by atoms with Crippen LogP contribution in [0.5, 0.6) is 0 Å². The molecule has 88 valence electrons. The van der Waals surface area contributed by atoms with Gasteiger partial charge in [-0.3, -0.25) is 4.89 Å². The van der Waals surface area contributed by atoms with Crippen LogP contribution in [0.2, 0.25) is 0 Å². The number of hydrogen-bond acceptors (Lipinski definition) is 7. The molecule has 1 heterocycles. The minimum atomic E-state index is -0.0417. The summed E-state index contributed by atoms with van der Waals surface area (Å²) in [6.45, 7) is 1.70. The van der Waals surface area contributed by atoms with Crippen LogP contribution in [-0.2, 0) is 9.88 Å². The molecular weight excluding hydrogens is 200 g/mol. The summed E-state index contributed by atoms with van der Waals surface area (Å²) in [5.74, 6) is 5.32. The molecule has 0 aromatic carbocycles. The van der Waals surface area contributed by atoms with Crippen molar-refractivity contribution in [3.63, 3.8) is 0 Å². The summed E-state index contributed by atoms with van der Waals surface area (Å²) >= 11 is 0. The summed E-state index contributed by atoms with van der Waals surface area (Å²) in [4.78, 5) is 10.2. The average molecular weight is 218 g/mol. The van der Waals surface area contributed by atoms with Crippen LogP contribution in [0.4, 0.5) is 0 Å². The minimum Gasteiger partial charge on any atom is -0.396 e. The molecule has 0 unspecified atom stereocenters. The lowest BCUT2D eigenvalue weighted by molar-refractivity contribution is -0.269. The van der Waals surface area contributed by atoms with E-state index >= 15 is 0 Å². The minimum absolute atomic E-state index is 0.0417. The first kappa shape index (κ1) is 11.9. The van der Waals surface area contributed by atoms with Gasteiger partial charge in [-0.25, -0.2) is 0 Å². The first-order chi connectivity index (χ1) is 7.19. The highest BCUT2D eigenvalue weighted by molar-refractivity contribution is 5.00. The number of nitrogens with two attached hydrogens (primary N) is 3. The number of rotatable bonds is 4. The van der Waals surface area contributed by atoms with Crippen molar-refractivity contribution in [2.75, 3.05) is 19.7 Å². The van der Waals surface area contributed by atoms with Gasteiger partial charge in [0.15, 0.2) is 5.82 Å². The Labute approximate surface area is 88.3 Å². The van der Waals surface area contributed by atoms with Crippen LogP contribution in [0.3, 0.4) is 0 Å². The molecule has 0 radical (unpaired) electrons. The zero-order valence-electron chi connectivity index (χ0n) is 8.56. The smallest absolute Gasteiger partial charge is 0.270 e. The molecule has 0 bridgehead atoms. The van der Waals surface area contributed by atoms with E-state index in [2.05, 4.69) is 9.88 Å². The van der Waals surface area contributed by atoms with E-state index in [1.807, 2.05) is 4.90 Å². The molecule has 0 aliphatic carbocycles. The first-order valence-electron chi connectivity index (χ1n) is 4.83. The summed E-state index contributed by atoms with van der Waals surface area (Å²) in [7, 11) is 0. The number of likely N-dealkylation sites (tertiary alicyclic amines) is 1. The van der Waals surface area contributed by atoms with Crippen LogP contribution in [0.25, 0.3) is 0 Å². The third-order valence-corrected chi connectivity index (χ3v) is 2.60. The van der Waals surface area contributed by atoms with Crippen molar-refractivity contribution in [1.29, 1.82) is 0 Å². The quantitative estimate of drug-likeness (QED) is 0.259. The average Bonchev–Trinajstić information content (AvgIpc) is 2.28. The molecule has 7 nitrogen and oxygen atoms in total. The number of hydrogen-bond donors (Lipinski definition) is 4. The van der Waals surface area contributed by atoms with Gasteiger partial charge in [0.2, 0.25) is 0 Å². The highest BCUT2D eigenvalue weighted by atomic mass is 17.3. The van der Waals surface area contributed by atoms with Crippen molar-refractivity contribution in [1.82, 2.24) is 4.90 Å². The van der Waals surface area contributed by atoms with E-state index < -0.39 is 0 Å². The highest BCUT2D eigenvalue weighted by Gasteiger charge is 2.20. The summed E-state index contributed by atoms with van der Waals surface area (Å²) in [6.07, 6.45) is 1.77. The number of nitrogens with zero attached hydrogens (tertiary/aromatic N) is 1. The first-order valence-corrected chi connectivity index (χ1v) is 4.83. The molecule has 0 aromatic heterocycles. The van der Waals surface area contributed by atoms with Crippen LogP contribution >= 0.6 is 0 Å². The molecule has 15 heavy (non-hydrogen) atoms. The van der Waals surface area contributed by atoms with Gasteiger partial charge in [-0.15, -0.1) is 0 Å². The van der Waals surface area contributed by atoms with E-state index in [1.54, 1.807) is 0 Å². The van der Waals surface area contributed by atoms with Gasteiger partial charge < -0.3 is 21.5 Å². The zero-order valence-corrected chi connectivity index (χ0v) is 8.56. The van der Waals surface area contributed by atoms with Crippen LogP contribution in [0, 0.1) is 5.92 Å². The van der Waals surface area contributed by atoms with E-state index in [1.165, 1.54) is 0 Å². The molecule has 7 heteroatoms. The Kier molecular flexibility index (Phi) is 4.47. The maximum atomic E-state index is 8.96. The van der Waals surface area contributed by atoms with Gasteiger partial charge >= 0.3 is 0 Å². The maximum Gasteiger partial charge on any atom is 0.270 e. The van der Waals surface area contributed by atoms with Crippen molar-refractivity contribution in [3.05, 3.63) is 11.7 Å². The van der Waals surface area contributed by atoms with Crippen molar-refractivity contribution in [3.8, 4) is 0 Å². The number of aliphatic hydroxyl groups is 1. The van der Waals surface area contributed by atoms with Crippen molar-refractivity contribution in [2.45, 2.75) is 12.8 Å². The molecule has 1 rings (SSSR count). The van der Waals surface area contributed by atoms with E-state index in [9.17, 15) is 0 Å². The van der Waals surface area contributed by atoms with Gasteiger partial charge in [0.05, 0.1) is 0 Å². The molecule has 1 saturated heterocycles. The lowest BCUT2D eigenvalue weighted by atomic mass is 9.98. The molecule has 0 spiro atoms. The predicted octanol–water partition coefficient (Wildman–Crippen LogP) is -1.44.